The van der Waals surface area contributed by atoms with Crippen LogP contribution in [0, 0.1) is 6.92 Å². The minimum Gasteiger partial charge on any atom is -0.274 e. The molecule has 25 heavy (non-hydrogen) atoms. The number of hydrogen-bond donors (Lipinski definition) is 1. The molecule has 0 radical (unpaired) electrons. The molecule has 0 unspecified atom stereocenters. The first-order valence-electron chi connectivity index (χ1n) is 7.27. The Morgan fingerprint density at radius 1 is 1.24 bits per heavy atom. The number of benzene rings is 1. The quantitative estimate of drug-likeness (QED) is 0.662. The summed E-state index contributed by atoms with van der Waals surface area (Å²) in [6.45, 7) is 1.82. The molecule has 1 amide bonds. The monoisotopic (exact) mass is 439 g/mol. The summed E-state index contributed by atoms with van der Waals surface area (Å²) in [7, 11) is -3.87. The zero-order valence-electron chi connectivity index (χ0n) is 13.1. The van der Waals surface area contributed by atoms with Gasteiger partial charge in [0, 0.05) is 0 Å². The molecule has 0 aliphatic heterocycles. The summed E-state index contributed by atoms with van der Waals surface area (Å²) < 4.78 is 29.0. The molecule has 0 saturated carbocycles. The number of sulfonamides is 1. The molecule has 0 atom stereocenters. The Bertz CT molecular complexity index is 1010. The standard InChI is InChI=1S/C16H14BrN3O3S2/c1-11-9-13(20(18-11)12-5-3-2-4-6-12)10-15(21)19-25(22,23)16-8-7-14(17)24-16/h2-9H,10H2,1H3,(H,19,21). The van der Waals surface area contributed by atoms with Crippen LogP contribution in [0.1, 0.15) is 11.4 Å². The van der Waals surface area contributed by atoms with Crippen molar-refractivity contribution in [3.8, 4) is 5.69 Å². The second-order valence-electron chi connectivity index (χ2n) is 5.29. The molecule has 2 aromatic heterocycles. The van der Waals surface area contributed by atoms with E-state index >= 15 is 0 Å². The number of thiophene rings is 1. The van der Waals surface area contributed by atoms with Gasteiger partial charge < -0.3 is 0 Å². The number of aryl methyl sites for hydroxylation is 1. The highest BCUT2D eigenvalue weighted by Gasteiger charge is 2.21. The van der Waals surface area contributed by atoms with E-state index in [0.29, 0.717) is 9.48 Å². The zero-order valence-corrected chi connectivity index (χ0v) is 16.4. The van der Waals surface area contributed by atoms with Gasteiger partial charge in [0.25, 0.3) is 10.0 Å². The van der Waals surface area contributed by atoms with Crippen molar-refractivity contribution >= 4 is 43.2 Å². The Balaban J connectivity index is 1.80. The molecule has 0 aliphatic carbocycles. The Kier molecular flexibility index (Phi) is 5.07. The first-order valence-corrected chi connectivity index (χ1v) is 10.4. The van der Waals surface area contributed by atoms with Crippen molar-refractivity contribution in [2.24, 2.45) is 0 Å². The molecular formula is C16H14BrN3O3S2. The second-order valence-corrected chi connectivity index (χ2v) is 9.66. The van der Waals surface area contributed by atoms with Gasteiger partial charge in [-0.3, -0.25) is 4.79 Å². The first-order chi connectivity index (χ1) is 11.8. The lowest BCUT2D eigenvalue weighted by atomic mass is 10.2. The molecule has 9 heteroatoms. The van der Waals surface area contributed by atoms with Gasteiger partial charge >= 0.3 is 0 Å². The maximum Gasteiger partial charge on any atom is 0.273 e. The normalized spacial score (nSPS) is 11.4. The number of para-hydroxylation sites is 1. The molecule has 130 valence electrons. The molecule has 0 saturated heterocycles. The van der Waals surface area contributed by atoms with Crippen LogP contribution in [0.15, 0.2) is 56.5 Å². The third kappa shape index (κ3) is 4.17. The fourth-order valence-electron chi connectivity index (χ4n) is 2.31. The van der Waals surface area contributed by atoms with E-state index in [-0.39, 0.29) is 10.6 Å². The Morgan fingerprint density at radius 3 is 2.60 bits per heavy atom. The Morgan fingerprint density at radius 2 is 1.96 bits per heavy atom. The number of hydrogen-bond acceptors (Lipinski definition) is 5. The number of carbonyl (C=O) groups is 1. The second kappa shape index (κ2) is 7.11. The summed E-state index contributed by atoms with van der Waals surface area (Å²) in [5.41, 5.74) is 2.17. The van der Waals surface area contributed by atoms with E-state index in [9.17, 15) is 13.2 Å². The third-order valence-electron chi connectivity index (χ3n) is 3.31. The molecule has 2 heterocycles. The smallest absolute Gasteiger partial charge is 0.273 e. The van der Waals surface area contributed by atoms with Gasteiger partial charge in [0.2, 0.25) is 5.91 Å². The van der Waals surface area contributed by atoms with Gasteiger partial charge in [-0.2, -0.15) is 5.10 Å². The highest BCUT2D eigenvalue weighted by molar-refractivity contribution is 9.11. The van der Waals surface area contributed by atoms with Crippen LogP contribution >= 0.6 is 27.3 Å². The summed E-state index contributed by atoms with van der Waals surface area (Å²) in [6.07, 6.45) is -0.0957. The SMILES string of the molecule is Cc1cc(CC(=O)NS(=O)(=O)c2ccc(Br)s2)n(-c2ccccc2)n1. The number of halogens is 1. The van der Waals surface area contributed by atoms with Crippen molar-refractivity contribution in [3.63, 3.8) is 0 Å². The molecule has 0 aliphatic rings. The van der Waals surface area contributed by atoms with Crippen molar-refractivity contribution in [3.05, 3.63) is 63.7 Å². The predicted molar refractivity (Wildman–Crippen MR) is 99.4 cm³/mol. The number of nitrogens with one attached hydrogen (secondary N) is 1. The summed E-state index contributed by atoms with van der Waals surface area (Å²) in [5.74, 6) is -0.610. The summed E-state index contributed by atoms with van der Waals surface area (Å²) >= 11 is 4.26. The fourth-order valence-corrected chi connectivity index (χ4v) is 5.31. The van der Waals surface area contributed by atoms with Crippen molar-refractivity contribution < 1.29 is 13.2 Å². The minimum atomic E-state index is -3.87. The Labute approximate surface area is 157 Å². The topological polar surface area (TPSA) is 81.1 Å². The van der Waals surface area contributed by atoms with Crippen molar-refractivity contribution in [2.45, 2.75) is 17.6 Å². The lowest BCUT2D eigenvalue weighted by Crippen LogP contribution is -2.31. The fraction of sp³-hybridized carbons (Fsp3) is 0.125. The summed E-state index contributed by atoms with van der Waals surface area (Å²) in [6, 6.07) is 14.2. The average Bonchev–Trinajstić information content (AvgIpc) is 3.14. The van der Waals surface area contributed by atoms with E-state index < -0.39 is 15.9 Å². The number of aromatic nitrogens is 2. The van der Waals surface area contributed by atoms with Gasteiger partial charge in [0.15, 0.2) is 0 Å². The van der Waals surface area contributed by atoms with Crippen LogP contribution in [-0.2, 0) is 21.2 Å². The van der Waals surface area contributed by atoms with Crippen molar-refractivity contribution in [1.29, 1.82) is 0 Å². The van der Waals surface area contributed by atoms with E-state index in [1.165, 1.54) is 6.07 Å². The van der Waals surface area contributed by atoms with Gasteiger partial charge in [-0.25, -0.2) is 17.8 Å². The summed E-state index contributed by atoms with van der Waals surface area (Å²) in [4.78, 5) is 12.3. The molecule has 1 aromatic carbocycles. The van der Waals surface area contributed by atoms with Crippen molar-refractivity contribution in [2.75, 3.05) is 0 Å². The van der Waals surface area contributed by atoms with Gasteiger partial charge in [0.1, 0.15) is 4.21 Å². The number of carbonyl (C=O) groups excluding carboxylic acids is 1. The van der Waals surface area contributed by atoms with E-state index in [0.717, 1.165) is 22.7 Å². The van der Waals surface area contributed by atoms with E-state index in [4.69, 9.17) is 0 Å². The molecular weight excluding hydrogens is 426 g/mol. The molecule has 0 bridgehead atoms. The Hall–Kier alpha value is -1.97. The van der Waals surface area contributed by atoms with Gasteiger partial charge in [-0.15, -0.1) is 11.3 Å². The van der Waals surface area contributed by atoms with E-state index in [1.807, 2.05) is 37.3 Å². The maximum atomic E-state index is 12.3. The largest absolute Gasteiger partial charge is 0.274 e. The summed E-state index contributed by atoms with van der Waals surface area (Å²) in [5, 5.41) is 4.37. The molecule has 3 rings (SSSR count). The number of nitrogens with zero attached hydrogens (tertiary/aromatic N) is 2. The van der Waals surface area contributed by atoms with Crippen LogP contribution < -0.4 is 4.72 Å². The van der Waals surface area contributed by atoms with Crippen LogP contribution in [0.4, 0.5) is 0 Å². The van der Waals surface area contributed by atoms with Gasteiger partial charge in [0.05, 0.1) is 27.3 Å². The van der Waals surface area contributed by atoms with Crippen LogP contribution in [0.25, 0.3) is 5.69 Å². The van der Waals surface area contributed by atoms with Crippen LogP contribution in [0.5, 0.6) is 0 Å². The molecule has 6 nitrogen and oxygen atoms in total. The predicted octanol–water partition coefficient (Wildman–Crippen LogP) is 3.05. The molecule has 1 N–H and O–H groups in total. The zero-order chi connectivity index (χ0) is 18.0. The number of amides is 1. The van der Waals surface area contributed by atoms with E-state index in [1.54, 1.807) is 16.8 Å². The lowest BCUT2D eigenvalue weighted by Gasteiger charge is -2.08. The highest BCUT2D eigenvalue weighted by atomic mass is 79.9. The third-order valence-corrected chi connectivity index (χ3v) is 6.80. The molecule has 0 spiro atoms. The molecule has 0 fully saturated rings. The lowest BCUT2D eigenvalue weighted by molar-refractivity contribution is -0.118. The number of rotatable bonds is 5. The van der Waals surface area contributed by atoms with Crippen LogP contribution in [0.2, 0.25) is 0 Å². The first kappa shape index (κ1) is 17.8. The van der Waals surface area contributed by atoms with Gasteiger partial charge in [-0.05, 0) is 53.2 Å². The van der Waals surface area contributed by atoms with Crippen molar-refractivity contribution in [1.82, 2.24) is 14.5 Å². The van der Waals surface area contributed by atoms with E-state index in [2.05, 4.69) is 25.8 Å². The molecule has 3 aromatic rings. The minimum absolute atomic E-state index is 0.0838. The van der Waals surface area contributed by atoms with Crippen LogP contribution in [0.3, 0.4) is 0 Å². The maximum absolute atomic E-state index is 12.3. The van der Waals surface area contributed by atoms with Gasteiger partial charge in [-0.1, -0.05) is 18.2 Å². The van der Waals surface area contributed by atoms with Crippen LogP contribution in [-0.4, -0.2) is 24.1 Å². The highest BCUT2D eigenvalue weighted by Crippen LogP contribution is 2.25. The average molecular weight is 440 g/mol.